The number of rotatable bonds is 6. The lowest BCUT2D eigenvalue weighted by Gasteiger charge is -2.06. The van der Waals surface area contributed by atoms with Gasteiger partial charge in [0.15, 0.2) is 12.2 Å². The molecule has 1 aromatic heterocycles. The Labute approximate surface area is 84.7 Å². The van der Waals surface area contributed by atoms with Gasteiger partial charge in [-0.15, -0.1) is 0 Å². The maximum Gasteiger partial charge on any atom is 0.181 e. The molecular formula is C10H18N2O2. The zero-order chi connectivity index (χ0) is 10.4. The summed E-state index contributed by atoms with van der Waals surface area (Å²) in [6.07, 6.45) is 1.68. The third-order valence-corrected chi connectivity index (χ3v) is 1.82. The van der Waals surface area contributed by atoms with Crippen LogP contribution in [0.1, 0.15) is 32.2 Å². The molecular weight excluding hydrogens is 180 g/mol. The second kappa shape index (κ2) is 5.78. The summed E-state index contributed by atoms with van der Waals surface area (Å²) in [7, 11) is 0. The molecule has 1 aromatic rings. The fourth-order valence-electron chi connectivity index (χ4n) is 1.04. The zero-order valence-electron chi connectivity index (χ0n) is 9.04. The van der Waals surface area contributed by atoms with Gasteiger partial charge in [0, 0.05) is 6.54 Å². The van der Waals surface area contributed by atoms with E-state index < -0.39 is 0 Å². The molecule has 1 rings (SSSR count). The SMILES string of the molecule is CCNCc1ncoc1COC(C)C. The Morgan fingerprint density at radius 1 is 1.57 bits per heavy atom. The average Bonchev–Trinajstić information content (AvgIpc) is 2.58. The standard InChI is InChI=1S/C10H18N2O2/c1-4-11-5-9-10(14-7-12-9)6-13-8(2)3/h7-8,11H,4-6H2,1-3H3. The van der Waals surface area contributed by atoms with E-state index in [0.717, 1.165) is 24.5 Å². The summed E-state index contributed by atoms with van der Waals surface area (Å²) in [5.41, 5.74) is 0.938. The Bertz CT molecular complexity index is 258. The van der Waals surface area contributed by atoms with Crippen LogP contribution in [0, 0.1) is 0 Å². The molecule has 0 aliphatic heterocycles. The Balaban J connectivity index is 2.45. The van der Waals surface area contributed by atoms with Crippen LogP contribution in [-0.4, -0.2) is 17.6 Å². The summed E-state index contributed by atoms with van der Waals surface area (Å²) < 4.78 is 10.7. The number of oxazole rings is 1. The van der Waals surface area contributed by atoms with E-state index in [4.69, 9.17) is 9.15 Å². The van der Waals surface area contributed by atoms with Gasteiger partial charge in [0.05, 0.1) is 11.8 Å². The smallest absolute Gasteiger partial charge is 0.181 e. The largest absolute Gasteiger partial charge is 0.446 e. The van der Waals surface area contributed by atoms with Crippen molar-refractivity contribution in [2.75, 3.05) is 6.54 Å². The summed E-state index contributed by atoms with van der Waals surface area (Å²) in [5.74, 6) is 0.819. The molecule has 0 saturated heterocycles. The highest BCUT2D eigenvalue weighted by Gasteiger charge is 2.08. The minimum atomic E-state index is 0.215. The van der Waals surface area contributed by atoms with Gasteiger partial charge in [-0.05, 0) is 20.4 Å². The number of nitrogens with zero attached hydrogens (tertiary/aromatic N) is 1. The van der Waals surface area contributed by atoms with Crippen molar-refractivity contribution in [3.63, 3.8) is 0 Å². The van der Waals surface area contributed by atoms with Crippen LogP contribution in [0.15, 0.2) is 10.8 Å². The van der Waals surface area contributed by atoms with E-state index in [1.807, 2.05) is 13.8 Å². The van der Waals surface area contributed by atoms with E-state index in [0.29, 0.717) is 6.61 Å². The van der Waals surface area contributed by atoms with Crippen LogP contribution >= 0.6 is 0 Å². The van der Waals surface area contributed by atoms with Gasteiger partial charge in [-0.25, -0.2) is 4.98 Å². The van der Waals surface area contributed by atoms with Crippen molar-refractivity contribution in [3.8, 4) is 0 Å². The molecule has 0 aromatic carbocycles. The molecule has 1 N–H and O–H groups in total. The third-order valence-electron chi connectivity index (χ3n) is 1.82. The van der Waals surface area contributed by atoms with Gasteiger partial charge >= 0.3 is 0 Å². The molecule has 0 aliphatic rings. The molecule has 0 spiro atoms. The monoisotopic (exact) mass is 198 g/mol. The van der Waals surface area contributed by atoms with Gasteiger partial charge in [0.2, 0.25) is 0 Å². The molecule has 0 fully saturated rings. The van der Waals surface area contributed by atoms with Crippen molar-refractivity contribution in [1.82, 2.24) is 10.3 Å². The predicted molar refractivity (Wildman–Crippen MR) is 53.8 cm³/mol. The number of ether oxygens (including phenoxy) is 1. The number of nitrogens with one attached hydrogen (secondary N) is 1. The normalized spacial score (nSPS) is 11.1. The molecule has 0 saturated carbocycles. The molecule has 0 atom stereocenters. The fourth-order valence-corrected chi connectivity index (χ4v) is 1.04. The molecule has 0 amide bonds. The zero-order valence-corrected chi connectivity index (χ0v) is 9.04. The van der Waals surface area contributed by atoms with Gasteiger partial charge in [0.25, 0.3) is 0 Å². The van der Waals surface area contributed by atoms with Crippen LogP contribution < -0.4 is 5.32 Å². The molecule has 0 radical (unpaired) electrons. The summed E-state index contributed by atoms with van der Waals surface area (Å²) in [5, 5.41) is 3.20. The first-order valence-corrected chi connectivity index (χ1v) is 4.97. The first kappa shape index (κ1) is 11.2. The highest BCUT2D eigenvalue weighted by Crippen LogP contribution is 2.09. The van der Waals surface area contributed by atoms with Crippen molar-refractivity contribution in [2.24, 2.45) is 0 Å². The third kappa shape index (κ3) is 3.47. The van der Waals surface area contributed by atoms with Crippen molar-refractivity contribution < 1.29 is 9.15 Å². The van der Waals surface area contributed by atoms with Gasteiger partial charge < -0.3 is 14.5 Å². The Morgan fingerprint density at radius 3 is 3.00 bits per heavy atom. The molecule has 1 heterocycles. The second-order valence-corrected chi connectivity index (χ2v) is 3.36. The van der Waals surface area contributed by atoms with Crippen molar-refractivity contribution in [1.29, 1.82) is 0 Å². The summed E-state index contributed by atoms with van der Waals surface area (Å²) in [4.78, 5) is 4.12. The lowest BCUT2D eigenvalue weighted by atomic mass is 10.3. The van der Waals surface area contributed by atoms with E-state index in [-0.39, 0.29) is 6.10 Å². The van der Waals surface area contributed by atoms with Gasteiger partial charge in [-0.3, -0.25) is 0 Å². The van der Waals surface area contributed by atoms with Crippen LogP contribution in [0.25, 0.3) is 0 Å². The van der Waals surface area contributed by atoms with E-state index in [1.165, 1.54) is 6.39 Å². The molecule has 14 heavy (non-hydrogen) atoms. The van der Waals surface area contributed by atoms with Crippen LogP contribution in [0.3, 0.4) is 0 Å². The molecule has 4 heteroatoms. The van der Waals surface area contributed by atoms with E-state index in [1.54, 1.807) is 0 Å². The van der Waals surface area contributed by atoms with Crippen molar-refractivity contribution in [3.05, 3.63) is 17.8 Å². The summed E-state index contributed by atoms with van der Waals surface area (Å²) >= 11 is 0. The lowest BCUT2D eigenvalue weighted by Crippen LogP contribution is -2.14. The van der Waals surface area contributed by atoms with Crippen LogP contribution in [0.5, 0.6) is 0 Å². The minimum Gasteiger partial charge on any atom is -0.446 e. The number of hydrogen-bond donors (Lipinski definition) is 1. The van der Waals surface area contributed by atoms with Crippen molar-refractivity contribution >= 4 is 0 Å². The van der Waals surface area contributed by atoms with Gasteiger partial charge in [0.1, 0.15) is 6.61 Å². The van der Waals surface area contributed by atoms with E-state index >= 15 is 0 Å². The first-order valence-electron chi connectivity index (χ1n) is 4.97. The maximum absolute atomic E-state index is 5.45. The Kier molecular flexibility index (Phi) is 4.62. The predicted octanol–water partition coefficient (Wildman–Crippen LogP) is 1.71. The molecule has 0 bridgehead atoms. The maximum atomic E-state index is 5.45. The Hall–Kier alpha value is -0.870. The highest BCUT2D eigenvalue weighted by atomic mass is 16.5. The van der Waals surface area contributed by atoms with E-state index in [2.05, 4.69) is 17.2 Å². The summed E-state index contributed by atoms with van der Waals surface area (Å²) in [6.45, 7) is 8.23. The quantitative estimate of drug-likeness (QED) is 0.756. The van der Waals surface area contributed by atoms with Crippen LogP contribution in [-0.2, 0) is 17.9 Å². The first-order chi connectivity index (χ1) is 6.74. The van der Waals surface area contributed by atoms with Crippen LogP contribution in [0.2, 0.25) is 0 Å². The minimum absolute atomic E-state index is 0.215. The molecule has 0 unspecified atom stereocenters. The molecule has 0 aliphatic carbocycles. The topological polar surface area (TPSA) is 47.3 Å². The van der Waals surface area contributed by atoms with Crippen molar-refractivity contribution in [2.45, 2.75) is 40.0 Å². The van der Waals surface area contributed by atoms with Gasteiger partial charge in [-0.1, -0.05) is 6.92 Å². The molecule has 80 valence electrons. The molecule has 4 nitrogen and oxygen atoms in total. The lowest BCUT2D eigenvalue weighted by molar-refractivity contribution is 0.0539. The Morgan fingerprint density at radius 2 is 2.36 bits per heavy atom. The number of hydrogen-bond acceptors (Lipinski definition) is 4. The van der Waals surface area contributed by atoms with Gasteiger partial charge in [-0.2, -0.15) is 0 Å². The fraction of sp³-hybridized carbons (Fsp3) is 0.700. The highest BCUT2D eigenvalue weighted by molar-refractivity contribution is 5.05. The second-order valence-electron chi connectivity index (χ2n) is 3.36. The summed E-state index contributed by atoms with van der Waals surface area (Å²) in [6, 6.07) is 0. The van der Waals surface area contributed by atoms with E-state index in [9.17, 15) is 0 Å². The average molecular weight is 198 g/mol. The van der Waals surface area contributed by atoms with Crippen LogP contribution in [0.4, 0.5) is 0 Å². The number of aromatic nitrogens is 1.